The van der Waals surface area contributed by atoms with Crippen LogP contribution in [-0.2, 0) is 9.53 Å². The minimum atomic E-state index is -4.64. The van der Waals surface area contributed by atoms with Crippen LogP contribution in [0.1, 0.15) is 112 Å². The second kappa shape index (κ2) is 18.7. The molecule has 46 heavy (non-hydrogen) atoms. The average molecular weight is 640 g/mol. The topological polar surface area (TPSA) is 81.7 Å². The van der Waals surface area contributed by atoms with Crippen molar-refractivity contribution in [3.8, 4) is 16.9 Å². The molecule has 0 bridgehead atoms. The van der Waals surface area contributed by atoms with Crippen molar-refractivity contribution in [2.75, 3.05) is 5.32 Å². The van der Waals surface area contributed by atoms with E-state index in [2.05, 4.69) is 12.2 Å². The number of carbonyl (C=O) groups is 3. The van der Waals surface area contributed by atoms with E-state index in [0.717, 1.165) is 43.2 Å². The Balaban J connectivity index is 1.49. The number of benzene rings is 3. The summed E-state index contributed by atoms with van der Waals surface area (Å²) < 4.78 is 50.4. The van der Waals surface area contributed by atoms with Gasteiger partial charge in [-0.1, -0.05) is 89.5 Å². The van der Waals surface area contributed by atoms with Gasteiger partial charge in [-0.05, 0) is 78.9 Å². The summed E-state index contributed by atoms with van der Waals surface area (Å²) in [6.07, 6.45) is 2.60. The molecule has 0 spiro atoms. The number of nitrogens with one attached hydrogen (secondary N) is 1. The minimum Gasteiger partial charge on any atom is -0.449 e. The molecule has 9 heteroatoms. The minimum absolute atomic E-state index is 0.0382. The molecule has 0 aliphatic carbocycles. The van der Waals surface area contributed by atoms with Gasteiger partial charge in [0.1, 0.15) is 5.75 Å². The van der Waals surface area contributed by atoms with Crippen molar-refractivity contribution in [1.29, 1.82) is 0 Å². The van der Waals surface area contributed by atoms with Gasteiger partial charge in [-0.15, -0.1) is 0 Å². The number of hydrogen-bond acceptors (Lipinski definition) is 5. The molecule has 6 nitrogen and oxygen atoms in total. The highest BCUT2D eigenvalue weighted by Crippen LogP contribution is 2.28. The quantitative estimate of drug-likeness (QED) is 0.0851. The number of amides is 1. The first-order valence-electron chi connectivity index (χ1n) is 16.2. The third-order valence-corrected chi connectivity index (χ3v) is 7.61. The predicted molar refractivity (Wildman–Crippen MR) is 174 cm³/mol. The van der Waals surface area contributed by atoms with Crippen LogP contribution >= 0.6 is 0 Å². The molecule has 1 amide bonds. The van der Waals surface area contributed by atoms with Gasteiger partial charge >= 0.3 is 18.1 Å². The number of carbonyl (C=O) groups excluding carboxylic acids is 3. The molecule has 0 aliphatic rings. The molecule has 0 heterocycles. The standard InChI is InChI=1S/C37H44F3NO5/c1-3-5-7-9-10-12-14-34(42)45-32-25-21-28(22-26-32)27-15-17-29(18-16-27)35(43)41-31-23-19-30(20-24-31)36(44)46-33(37(38,39)40)13-11-8-6-4-2/h15-26,33H,3-14H2,1-2H3,(H,41,43). The van der Waals surface area contributed by atoms with Gasteiger partial charge in [0.05, 0.1) is 5.56 Å². The van der Waals surface area contributed by atoms with Crippen molar-refractivity contribution < 1.29 is 37.0 Å². The van der Waals surface area contributed by atoms with Gasteiger partial charge in [-0.3, -0.25) is 9.59 Å². The molecule has 0 fully saturated rings. The summed E-state index contributed by atoms with van der Waals surface area (Å²) in [6, 6.07) is 19.6. The van der Waals surface area contributed by atoms with Crippen molar-refractivity contribution in [2.24, 2.45) is 0 Å². The summed E-state index contributed by atoms with van der Waals surface area (Å²) in [4.78, 5) is 37.3. The van der Waals surface area contributed by atoms with E-state index in [-0.39, 0.29) is 18.0 Å². The Morgan fingerprint density at radius 1 is 0.674 bits per heavy atom. The molecule has 0 aromatic heterocycles. The molecule has 3 aromatic carbocycles. The third kappa shape index (κ3) is 12.3. The summed E-state index contributed by atoms with van der Waals surface area (Å²) in [6.45, 7) is 4.14. The van der Waals surface area contributed by atoms with E-state index in [1.54, 1.807) is 36.4 Å². The largest absolute Gasteiger partial charge is 0.449 e. The highest BCUT2D eigenvalue weighted by Gasteiger charge is 2.42. The highest BCUT2D eigenvalue weighted by molar-refractivity contribution is 6.04. The number of halogens is 3. The molecule has 0 saturated heterocycles. The Hall–Kier alpha value is -4.14. The van der Waals surface area contributed by atoms with E-state index in [4.69, 9.17) is 9.47 Å². The Kier molecular flexibility index (Phi) is 14.8. The first-order chi connectivity index (χ1) is 22.1. The number of alkyl halides is 3. The van der Waals surface area contributed by atoms with E-state index >= 15 is 0 Å². The Bertz CT molecular complexity index is 1370. The van der Waals surface area contributed by atoms with Gasteiger partial charge < -0.3 is 14.8 Å². The smallest absolute Gasteiger partial charge is 0.425 e. The van der Waals surface area contributed by atoms with Crippen LogP contribution in [0.15, 0.2) is 72.8 Å². The van der Waals surface area contributed by atoms with E-state index < -0.39 is 24.2 Å². The number of hydrogen-bond donors (Lipinski definition) is 1. The molecular weight excluding hydrogens is 595 g/mol. The molecule has 0 aliphatic heterocycles. The summed E-state index contributed by atoms with van der Waals surface area (Å²) >= 11 is 0. The second-order valence-corrected chi connectivity index (χ2v) is 11.4. The second-order valence-electron chi connectivity index (χ2n) is 11.4. The lowest BCUT2D eigenvalue weighted by Gasteiger charge is -2.20. The van der Waals surface area contributed by atoms with Crippen molar-refractivity contribution in [1.82, 2.24) is 0 Å². The third-order valence-electron chi connectivity index (χ3n) is 7.61. The summed E-state index contributed by atoms with van der Waals surface area (Å²) in [5.74, 6) is -1.21. The van der Waals surface area contributed by atoms with Gasteiger partial charge in [0, 0.05) is 17.7 Å². The lowest BCUT2D eigenvalue weighted by Crippen LogP contribution is -2.33. The van der Waals surface area contributed by atoms with Crippen molar-refractivity contribution in [3.63, 3.8) is 0 Å². The van der Waals surface area contributed by atoms with Gasteiger partial charge in [-0.25, -0.2) is 4.79 Å². The molecule has 1 unspecified atom stereocenters. The summed E-state index contributed by atoms with van der Waals surface area (Å²) in [7, 11) is 0. The van der Waals surface area contributed by atoms with Crippen LogP contribution in [0.3, 0.4) is 0 Å². The molecule has 248 valence electrons. The van der Waals surface area contributed by atoms with Crippen LogP contribution in [0.2, 0.25) is 0 Å². The van der Waals surface area contributed by atoms with Crippen molar-refractivity contribution in [3.05, 3.63) is 83.9 Å². The zero-order valence-electron chi connectivity index (χ0n) is 26.7. The Labute approximate surface area is 269 Å². The molecular formula is C37H44F3NO5. The molecule has 0 radical (unpaired) electrons. The Morgan fingerprint density at radius 3 is 1.78 bits per heavy atom. The van der Waals surface area contributed by atoms with Gasteiger partial charge in [0.25, 0.3) is 5.91 Å². The molecule has 0 saturated carbocycles. The molecule has 3 aromatic rings. The number of esters is 2. The maximum atomic E-state index is 13.4. The fourth-order valence-electron chi connectivity index (χ4n) is 4.90. The van der Waals surface area contributed by atoms with Crippen LogP contribution in [0, 0.1) is 0 Å². The monoisotopic (exact) mass is 639 g/mol. The lowest BCUT2D eigenvalue weighted by molar-refractivity contribution is -0.206. The summed E-state index contributed by atoms with van der Waals surface area (Å²) in [5, 5.41) is 2.72. The highest BCUT2D eigenvalue weighted by atomic mass is 19.4. The maximum absolute atomic E-state index is 13.4. The predicted octanol–water partition coefficient (Wildman–Crippen LogP) is 10.3. The first-order valence-corrected chi connectivity index (χ1v) is 16.2. The van der Waals surface area contributed by atoms with E-state index in [9.17, 15) is 27.6 Å². The number of rotatable bonds is 18. The molecule has 3 rings (SSSR count). The Morgan fingerprint density at radius 2 is 1.20 bits per heavy atom. The van der Waals surface area contributed by atoms with Crippen LogP contribution in [0.25, 0.3) is 11.1 Å². The van der Waals surface area contributed by atoms with Gasteiger partial charge in [0.2, 0.25) is 0 Å². The molecule has 1 atom stereocenters. The van der Waals surface area contributed by atoms with Gasteiger partial charge in [-0.2, -0.15) is 13.2 Å². The van der Waals surface area contributed by atoms with Crippen LogP contribution in [0.5, 0.6) is 5.75 Å². The lowest BCUT2D eigenvalue weighted by atomic mass is 10.0. The van der Waals surface area contributed by atoms with E-state index in [1.807, 2.05) is 19.1 Å². The zero-order valence-corrected chi connectivity index (χ0v) is 26.7. The number of anilines is 1. The summed E-state index contributed by atoms with van der Waals surface area (Å²) in [5.41, 5.74) is 2.48. The van der Waals surface area contributed by atoms with Crippen LogP contribution in [0.4, 0.5) is 18.9 Å². The normalized spacial score (nSPS) is 11.9. The first kappa shape index (κ1) is 36.3. The SMILES string of the molecule is CCCCCCCCC(=O)Oc1ccc(-c2ccc(C(=O)Nc3ccc(C(=O)OC(CCCCCC)C(F)(F)F)cc3)cc2)cc1. The van der Waals surface area contributed by atoms with Gasteiger partial charge in [0.15, 0.2) is 6.10 Å². The zero-order chi connectivity index (χ0) is 33.4. The fourth-order valence-corrected chi connectivity index (χ4v) is 4.90. The van der Waals surface area contributed by atoms with Crippen LogP contribution in [-0.4, -0.2) is 30.1 Å². The average Bonchev–Trinajstić information content (AvgIpc) is 3.04. The number of unbranched alkanes of at least 4 members (excludes halogenated alkanes) is 8. The number of ether oxygens (including phenoxy) is 2. The van der Waals surface area contributed by atoms with E-state index in [1.165, 1.54) is 43.5 Å². The van der Waals surface area contributed by atoms with Crippen molar-refractivity contribution in [2.45, 2.75) is 103 Å². The maximum Gasteiger partial charge on any atom is 0.425 e. The fraction of sp³-hybridized carbons (Fsp3) is 0.432. The van der Waals surface area contributed by atoms with E-state index in [0.29, 0.717) is 36.3 Å². The van der Waals surface area contributed by atoms with Crippen LogP contribution < -0.4 is 10.1 Å². The molecule has 1 N–H and O–H groups in total. The van der Waals surface area contributed by atoms with Crippen molar-refractivity contribution >= 4 is 23.5 Å².